The molecule has 0 saturated carbocycles. The van der Waals surface area contributed by atoms with Gasteiger partial charge in [0.25, 0.3) is 5.91 Å². The van der Waals surface area contributed by atoms with Gasteiger partial charge in [0, 0.05) is 16.0 Å². The summed E-state index contributed by atoms with van der Waals surface area (Å²) in [5.41, 5.74) is 4.27. The molecule has 1 N–H and O–H groups in total. The summed E-state index contributed by atoms with van der Waals surface area (Å²) >= 11 is 9.07. The second-order valence-corrected chi connectivity index (χ2v) is 8.07. The van der Waals surface area contributed by atoms with Crippen molar-refractivity contribution in [3.05, 3.63) is 64.8 Å². The second kappa shape index (κ2) is 7.26. The molecule has 2 amide bonds. The summed E-state index contributed by atoms with van der Waals surface area (Å²) < 4.78 is 5.41. The SMILES string of the molecule is O=C(Cc1nsc2ccccc12)NN1C(=O)CSC1c1ccccc1Cl. The number of amides is 2. The number of carbonyl (C=O) groups excluding carboxylic acids is 2. The monoisotopic (exact) mass is 403 g/mol. The third-order valence-corrected chi connectivity index (χ3v) is 6.47. The molecule has 8 heteroatoms. The van der Waals surface area contributed by atoms with Crippen LogP contribution in [0.3, 0.4) is 0 Å². The first-order valence-corrected chi connectivity index (χ1v) is 10.1. The molecule has 1 unspecified atom stereocenters. The maximum atomic E-state index is 12.5. The minimum Gasteiger partial charge on any atom is -0.273 e. The Kier molecular flexibility index (Phi) is 4.84. The van der Waals surface area contributed by atoms with Crippen molar-refractivity contribution in [3.63, 3.8) is 0 Å². The number of thioether (sulfide) groups is 1. The molecule has 1 aliphatic rings. The van der Waals surface area contributed by atoms with E-state index in [9.17, 15) is 9.59 Å². The first kappa shape index (κ1) is 17.3. The Hall–Kier alpha value is -2.09. The average Bonchev–Trinajstić information content (AvgIpc) is 3.20. The number of rotatable bonds is 4. The van der Waals surface area contributed by atoms with Crippen LogP contribution < -0.4 is 5.43 Å². The van der Waals surface area contributed by atoms with E-state index in [1.807, 2.05) is 42.5 Å². The Labute approximate surface area is 163 Å². The molecular formula is C18H14ClN3O2S2. The molecule has 1 fully saturated rings. The van der Waals surface area contributed by atoms with Gasteiger partial charge in [-0.3, -0.25) is 15.0 Å². The lowest BCUT2D eigenvalue weighted by molar-refractivity contribution is -0.139. The third kappa shape index (κ3) is 3.30. The van der Waals surface area contributed by atoms with Gasteiger partial charge in [-0.25, -0.2) is 5.01 Å². The fourth-order valence-electron chi connectivity index (χ4n) is 2.84. The van der Waals surface area contributed by atoms with Crippen molar-refractivity contribution >= 4 is 56.8 Å². The lowest BCUT2D eigenvalue weighted by Gasteiger charge is -2.25. The molecule has 0 radical (unpaired) electrons. The smallest absolute Gasteiger partial charge is 0.252 e. The van der Waals surface area contributed by atoms with Crippen LogP contribution in [0.25, 0.3) is 10.1 Å². The highest BCUT2D eigenvalue weighted by Gasteiger charge is 2.35. The van der Waals surface area contributed by atoms with Crippen LogP contribution in [0, 0.1) is 0 Å². The first-order chi connectivity index (χ1) is 12.6. The first-order valence-electron chi connectivity index (χ1n) is 7.94. The summed E-state index contributed by atoms with van der Waals surface area (Å²) in [5.74, 6) is -0.110. The van der Waals surface area contributed by atoms with E-state index in [1.54, 1.807) is 6.07 Å². The standard InChI is InChI=1S/C18H14ClN3O2S2/c19-13-7-3-1-5-11(13)18-22(17(24)10-25-18)20-16(23)9-14-12-6-2-4-8-15(12)26-21-14/h1-8,18H,9-10H2,(H,20,23). The number of aromatic nitrogens is 1. The molecule has 1 saturated heterocycles. The number of benzene rings is 2. The number of hydrogen-bond donors (Lipinski definition) is 1. The van der Waals surface area contributed by atoms with Crippen molar-refractivity contribution < 1.29 is 9.59 Å². The van der Waals surface area contributed by atoms with Crippen LogP contribution in [0.15, 0.2) is 48.5 Å². The summed E-state index contributed by atoms with van der Waals surface area (Å²) in [5, 5.41) is 2.59. The molecule has 26 heavy (non-hydrogen) atoms. The lowest BCUT2D eigenvalue weighted by Crippen LogP contribution is -2.45. The van der Waals surface area contributed by atoms with Crippen LogP contribution in [-0.2, 0) is 16.0 Å². The maximum Gasteiger partial charge on any atom is 0.252 e. The summed E-state index contributed by atoms with van der Waals surface area (Å²) in [6.45, 7) is 0. The fraction of sp³-hybridized carbons (Fsp3) is 0.167. The Bertz CT molecular complexity index is 991. The van der Waals surface area contributed by atoms with Gasteiger partial charge in [-0.15, -0.1) is 11.8 Å². The molecular weight excluding hydrogens is 390 g/mol. The number of hydrazine groups is 1. The summed E-state index contributed by atoms with van der Waals surface area (Å²) in [6.07, 6.45) is 0.119. The van der Waals surface area contributed by atoms with Crippen molar-refractivity contribution in [2.45, 2.75) is 11.8 Å². The maximum absolute atomic E-state index is 12.5. The van der Waals surface area contributed by atoms with Crippen molar-refractivity contribution in [2.75, 3.05) is 5.75 Å². The molecule has 2 heterocycles. The topological polar surface area (TPSA) is 62.3 Å². The molecule has 1 aliphatic heterocycles. The lowest BCUT2D eigenvalue weighted by atomic mass is 10.2. The van der Waals surface area contributed by atoms with Crippen LogP contribution in [0.4, 0.5) is 0 Å². The number of nitrogens with one attached hydrogen (secondary N) is 1. The van der Waals surface area contributed by atoms with Crippen LogP contribution in [0.1, 0.15) is 16.6 Å². The van der Waals surface area contributed by atoms with Crippen molar-refractivity contribution in [1.82, 2.24) is 14.8 Å². The van der Waals surface area contributed by atoms with Gasteiger partial charge in [-0.05, 0) is 23.7 Å². The van der Waals surface area contributed by atoms with Gasteiger partial charge in [0.15, 0.2) is 0 Å². The second-order valence-electron chi connectivity index (χ2n) is 5.79. The Balaban J connectivity index is 1.52. The Morgan fingerprint density at radius 1 is 1.23 bits per heavy atom. The number of nitrogens with zero attached hydrogens (tertiary/aromatic N) is 2. The quantitative estimate of drug-likeness (QED) is 0.719. The normalized spacial score (nSPS) is 17.0. The molecule has 3 aromatic rings. The van der Waals surface area contributed by atoms with Gasteiger partial charge < -0.3 is 0 Å². The van der Waals surface area contributed by atoms with E-state index in [-0.39, 0.29) is 23.6 Å². The van der Waals surface area contributed by atoms with Gasteiger partial charge in [0.05, 0.1) is 22.6 Å². The number of hydrogen-bond acceptors (Lipinski definition) is 5. The van der Waals surface area contributed by atoms with Gasteiger partial charge in [-0.1, -0.05) is 48.0 Å². The predicted octanol–water partition coefficient (Wildman–Crippen LogP) is 3.80. The Morgan fingerprint density at radius 3 is 2.85 bits per heavy atom. The van der Waals surface area contributed by atoms with Gasteiger partial charge in [-0.2, -0.15) is 4.37 Å². The molecule has 132 valence electrons. The number of fused-ring (bicyclic) bond motifs is 1. The van der Waals surface area contributed by atoms with E-state index in [2.05, 4.69) is 9.80 Å². The zero-order chi connectivity index (χ0) is 18.1. The third-order valence-electron chi connectivity index (χ3n) is 4.06. The highest BCUT2D eigenvalue weighted by atomic mass is 35.5. The predicted molar refractivity (Wildman–Crippen MR) is 105 cm³/mol. The minimum atomic E-state index is -0.327. The molecule has 2 aromatic carbocycles. The largest absolute Gasteiger partial charge is 0.273 e. The van der Waals surface area contributed by atoms with Gasteiger partial charge in [0.2, 0.25) is 5.91 Å². The van der Waals surface area contributed by atoms with Crippen molar-refractivity contribution in [1.29, 1.82) is 0 Å². The van der Waals surface area contributed by atoms with Crippen LogP contribution >= 0.6 is 34.9 Å². The van der Waals surface area contributed by atoms with Gasteiger partial charge in [0.1, 0.15) is 5.37 Å². The van der Waals surface area contributed by atoms with E-state index in [0.29, 0.717) is 10.8 Å². The van der Waals surface area contributed by atoms with Crippen molar-refractivity contribution in [3.8, 4) is 0 Å². The van der Waals surface area contributed by atoms with E-state index in [0.717, 1.165) is 21.3 Å². The summed E-state index contributed by atoms with van der Waals surface area (Å²) in [4.78, 5) is 24.8. The van der Waals surface area contributed by atoms with E-state index in [4.69, 9.17) is 11.6 Å². The van der Waals surface area contributed by atoms with Crippen LogP contribution in [0.2, 0.25) is 5.02 Å². The summed E-state index contributed by atoms with van der Waals surface area (Å²) in [6, 6.07) is 15.1. The number of carbonyl (C=O) groups is 2. The van der Waals surface area contributed by atoms with Crippen LogP contribution in [-0.4, -0.2) is 26.9 Å². The summed E-state index contributed by atoms with van der Waals surface area (Å²) in [7, 11) is 0. The molecule has 1 atom stereocenters. The minimum absolute atomic E-state index is 0.119. The molecule has 5 nitrogen and oxygen atoms in total. The fourth-order valence-corrected chi connectivity index (χ4v) is 5.08. The molecule has 0 bridgehead atoms. The van der Waals surface area contributed by atoms with Gasteiger partial charge >= 0.3 is 0 Å². The highest BCUT2D eigenvalue weighted by Crippen LogP contribution is 2.40. The van der Waals surface area contributed by atoms with Crippen LogP contribution in [0.5, 0.6) is 0 Å². The van der Waals surface area contributed by atoms with Crippen molar-refractivity contribution in [2.24, 2.45) is 0 Å². The van der Waals surface area contributed by atoms with E-state index >= 15 is 0 Å². The number of halogens is 1. The zero-order valence-electron chi connectivity index (χ0n) is 13.5. The van der Waals surface area contributed by atoms with E-state index < -0.39 is 0 Å². The molecule has 0 spiro atoms. The molecule has 4 rings (SSSR count). The Morgan fingerprint density at radius 2 is 2.00 bits per heavy atom. The highest BCUT2D eigenvalue weighted by molar-refractivity contribution is 8.00. The van der Waals surface area contributed by atoms with E-state index in [1.165, 1.54) is 28.3 Å². The zero-order valence-corrected chi connectivity index (χ0v) is 15.9. The molecule has 0 aliphatic carbocycles. The molecule has 1 aromatic heterocycles. The average molecular weight is 404 g/mol.